The first-order valence-corrected chi connectivity index (χ1v) is 19.3. The van der Waals surface area contributed by atoms with Gasteiger partial charge in [-0.25, -0.2) is 9.97 Å². The van der Waals surface area contributed by atoms with Gasteiger partial charge >= 0.3 is 47.8 Å². The molecular formula is C36H42N2O18S2. The van der Waals surface area contributed by atoms with Crippen molar-refractivity contribution in [3.05, 3.63) is 24.3 Å². The molecule has 0 radical (unpaired) electrons. The molecule has 1 aromatic carbocycles. The summed E-state index contributed by atoms with van der Waals surface area (Å²) in [7, 11) is 0. The standard InChI is InChI=1S/C36H42N2O18S2/c1-15(39)47-13-25-27(49-17(3)41)29(51-19(5)43)31(53-21(7)45)35(55-25)57-33-34(38-24-12-10-9-11-23(24)37-33)58-36-32(54-22(8)46)30(52-20(6)44)28(50-18(4)42)26(56-36)14-48-16(2)40/h9-12,25-32,35-36H,13-14H2,1-8H3/t25-,26-,27+,28+,29+,30+,31-,32-,35+,36+/m1/s1. The van der Waals surface area contributed by atoms with Gasteiger partial charge in [0.15, 0.2) is 47.5 Å². The second kappa shape index (κ2) is 20.6. The number of benzene rings is 1. The fraction of sp³-hybridized carbons (Fsp3) is 0.556. The lowest BCUT2D eigenvalue weighted by Gasteiger charge is -2.44. The zero-order chi connectivity index (χ0) is 42.8. The summed E-state index contributed by atoms with van der Waals surface area (Å²) in [4.78, 5) is 108. The number of carbonyl (C=O) groups excluding carboxylic acids is 8. The number of nitrogens with zero attached hydrogens (tertiary/aromatic N) is 2. The average Bonchev–Trinajstić information content (AvgIpc) is 3.10. The number of hydrogen-bond acceptors (Lipinski definition) is 22. The molecule has 2 aliphatic rings. The highest BCUT2D eigenvalue weighted by Crippen LogP contribution is 2.44. The summed E-state index contributed by atoms with van der Waals surface area (Å²) >= 11 is 1.66. The molecule has 58 heavy (non-hydrogen) atoms. The lowest BCUT2D eigenvalue weighted by atomic mass is 9.99. The molecule has 22 heteroatoms. The number of hydrogen-bond donors (Lipinski definition) is 0. The van der Waals surface area contributed by atoms with E-state index in [1.54, 1.807) is 24.3 Å². The van der Waals surface area contributed by atoms with Crippen molar-refractivity contribution >= 4 is 82.3 Å². The van der Waals surface area contributed by atoms with E-state index in [0.717, 1.165) is 78.9 Å². The quantitative estimate of drug-likeness (QED) is 0.194. The molecule has 0 aliphatic carbocycles. The summed E-state index contributed by atoms with van der Waals surface area (Å²) in [6.45, 7) is 7.88. The Morgan fingerprint density at radius 3 is 1.05 bits per heavy atom. The monoisotopic (exact) mass is 854 g/mol. The number of ether oxygens (including phenoxy) is 10. The van der Waals surface area contributed by atoms with E-state index >= 15 is 0 Å². The summed E-state index contributed by atoms with van der Waals surface area (Å²) < 4.78 is 56.4. The zero-order valence-corrected chi connectivity index (χ0v) is 34.2. The van der Waals surface area contributed by atoms with Crippen molar-refractivity contribution in [1.29, 1.82) is 0 Å². The topological polar surface area (TPSA) is 255 Å². The van der Waals surface area contributed by atoms with Crippen LogP contribution < -0.4 is 0 Å². The van der Waals surface area contributed by atoms with Crippen LogP contribution in [0.2, 0.25) is 0 Å². The van der Waals surface area contributed by atoms with E-state index < -0.39 is 121 Å². The Bertz CT molecular complexity index is 1760. The lowest BCUT2D eigenvalue weighted by Crippen LogP contribution is -2.61. The minimum atomic E-state index is -1.48. The highest BCUT2D eigenvalue weighted by Gasteiger charge is 2.55. The van der Waals surface area contributed by atoms with Gasteiger partial charge in [0.2, 0.25) is 0 Å². The second-order valence-electron chi connectivity index (χ2n) is 12.7. The Morgan fingerprint density at radius 1 is 0.466 bits per heavy atom. The maximum Gasteiger partial charge on any atom is 0.303 e. The molecule has 0 spiro atoms. The molecule has 4 rings (SSSR count). The zero-order valence-electron chi connectivity index (χ0n) is 32.6. The predicted octanol–water partition coefficient (Wildman–Crippen LogP) is 1.98. The average molecular weight is 855 g/mol. The third-order valence-electron chi connectivity index (χ3n) is 7.86. The Morgan fingerprint density at radius 2 is 0.759 bits per heavy atom. The van der Waals surface area contributed by atoms with Crippen molar-refractivity contribution < 1.29 is 85.7 Å². The second-order valence-corrected chi connectivity index (χ2v) is 14.9. The van der Waals surface area contributed by atoms with Gasteiger partial charge < -0.3 is 47.4 Å². The number of thioether (sulfide) groups is 2. The maximum absolute atomic E-state index is 12.5. The van der Waals surface area contributed by atoms with Crippen LogP contribution in [0.4, 0.5) is 0 Å². The van der Waals surface area contributed by atoms with Crippen molar-refractivity contribution in [2.45, 2.75) is 125 Å². The third-order valence-corrected chi connectivity index (χ3v) is 10.2. The smallest absolute Gasteiger partial charge is 0.303 e. The summed E-state index contributed by atoms with van der Waals surface area (Å²) in [6.07, 6.45) is -11.3. The normalized spacial score (nSPS) is 26.6. The minimum Gasteiger partial charge on any atom is -0.463 e. The number of rotatable bonds is 14. The fourth-order valence-electron chi connectivity index (χ4n) is 5.91. The molecule has 316 valence electrons. The molecular weight excluding hydrogens is 813 g/mol. The Balaban J connectivity index is 1.87. The molecule has 0 N–H and O–H groups in total. The van der Waals surface area contributed by atoms with Crippen LogP contribution in [0.5, 0.6) is 0 Å². The first-order valence-electron chi connectivity index (χ1n) is 17.5. The number of esters is 8. The minimum absolute atomic E-state index is 0.0810. The molecule has 1 aromatic heterocycles. The largest absolute Gasteiger partial charge is 0.463 e. The van der Waals surface area contributed by atoms with Crippen molar-refractivity contribution in [1.82, 2.24) is 9.97 Å². The summed E-state index contributed by atoms with van der Waals surface area (Å²) in [5.74, 6) is -6.34. The van der Waals surface area contributed by atoms with Crippen molar-refractivity contribution in [2.24, 2.45) is 0 Å². The molecule has 10 atom stereocenters. The van der Waals surface area contributed by atoms with E-state index in [4.69, 9.17) is 57.3 Å². The molecule has 20 nitrogen and oxygen atoms in total. The van der Waals surface area contributed by atoms with Crippen LogP contribution in [0.1, 0.15) is 55.4 Å². The van der Waals surface area contributed by atoms with Crippen LogP contribution in [-0.2, 0) is 85.7 Å². The lowest BCUT2D eigenvalue weighted by molar-refractivity contribution is -0.237. The first kappa shape index (κ1) is 45.6. The molecule has 0 bridgehead atoms. The van der Waals surface area contributed by atoms with Gasteiger partial charge in [-0.05, 0) is 12.1 Å². The van der Waals surface area contributed by atoms with Gasteiger partial charge in [-0.3, -0.25) is 38.4 Å². The fourth-order valence-corrected chi connectivity index (χ4v) is 8.32. The third kappa shape index (κ3) is 12.7. The first-order chi connectivity index (χ1) is 27.3. The van der Waals surface area contributed by atoms with Crippen LogP contribution in [0, 0.1) is 0 Å². The van der Waals surface area contributed by atoms with E-state index in [0.29, 0.717) is 11.0 Å². The molecule has 2 aromatic rings. The Labute approximate surface area is 339 Å². The Kier molecular flexibility index (Phi) is 16.2. The van der Waals surface area contributed by atoms with Gasteiger partial charge in [0.25, 0.3) is 0 Å². The summed E-state index contributed by atoms with van der Waals surface area (Å²) in [6, 6.07) is 6.71. The van der Waals surface area contributed by atoms with E-state index in [2.05, 4.69) is 0 Å². The van der Waals surface area contributed by atoms with Gasteiger partial charge in [-0.2, -0.15) is 0 Å². The number of carbonyl (C=O) groups is 8. The van der Waals surface area contributed by atoms with Crippen LogP contribution in [0.3, 0.4) is 0 Å². The molecule has 0 saturated carbocycles. The van der Waals surface area contributed by atoms with Crippen LogP contribution in [0.25, 0.3) is 11.0 Å². The van der Waals surface area contributed by atoms with E-state index in [9.17, 15) is 38.4 Å². The van der Waals surface area contributed by atoms with Gasteiger partial charge in [0, 0.05) is 55.4 Å². The molecule has 0 amide bonds. The highest BCUT2D eigenvalue weighted by molar-refractivity contribution is 8.02. The van der Waals surface area contributed by atoms with Gasteiger partial charge in [0.1, 0.15) is 35.5 Å². The Hall–Kier alpha value is -5.06. The predicted molar refractivity (Wildman–Crippen MR) is 195 cm³/mol. The van der Waals surface area contributed by atoms with E-state index in [1.165, 1.54) is 0 Å². The molecule has 2 fully saturated rings. The summed E-state index contributed by atoms with van der Waals surface area (Å²) in [5.41, 5.74) is -1.90. The highest BCUT2D eigenvalue weighted by atomic mass is 32.2. The van der Waals surface area contributed by atoms with Crippen LogP contribution in [0.15, 0.2) is 34.3 Å². The van der Waals surface area contributed by atoms with Crippen LogP contribution in [-0.4, -0.2) is 131 Å². The van der Waals surface area contributed by atoms with Crippen molar-refractivity contribution in [2.75, 3.05) is 13.2 Å². The number of para-hydroxylation sites is 2. The van der Waals surface area contributed by atoms with Gasteiger partial charge in [-0.1, -0.05) is 35.7 Å². The summed E-state index contributed by atoms with van der Waals surface area (Å²) in [5, 5.41) is 0.162. The van der Waals surface area contributed by atoms with Crippen LogP contribution >= 0.6 is 23.5 Å². The van der Waals surface area contributed by atoms with Crippen molar-refractivity contribution in [3.8, 4) is 0 Å². The molecule has 0 unspecified atom stereocenters. The number of aromatic nitrogens is 2. The molecule has 3 heterocycles. The van der Waals surface area contributed by atoms with E-state index in [-0.39, 0.29) is 10.1 Å². The van der Waals surface area contributed by atoms with Gasteiger partial charge in [-0.15, -0.1) is 0 Å². The van der Waals surface area contributed by atoms with E-state index in [1.807, 2.05) is 0 Å². The molecule has 2 aliphatic heterocycles. The molecule has 2 saturated heterocycles. The maximum atomic E-state index is 12.5. The van der Waals surface area contributed by atoms with Crippen molar-refractivity contribution in [3.63, 3.8) is 0 Å². The SMILES string of the molecule is CC(=O)OC[C@H]1O[C@@H](Sc2nc3ccccc3nc2S[C@@H]2O[C@H](COC(C)=O)[C@H](OC(C)=O)[C@H](OC(C)=O)[C@H]2OC(C)=O)[C@H](OC(C)=O)[C@@H](OC(C)=O)[C@H]1OC(C)=O. The van der Waals surface area contributed by atoms with Gasteiger partial charge in [0.05, 0.1) is 11.0 Å². The number of fused-ring (bicyclic) bond motifs is 1.